The van der Waals surface area contributed by atoms with Gasteiger partial charge < -0.3 is 5.32 Å². The zero-order valence-corrected chi connectivity index (χ0v) is 14.0. The standard InChI is InChI=1S/C9H19NS2.Pr/c1-3-5-7-10-9(11)12-8-6-4-2;/h3-8H2,1-2H3,(H,10,11);. The second-order valence-corrected chi connectivity index (χ2v) is 4.54. The van der Waals surface area contributed by atoms with Gasteiger partial charge in [0.15, 0.2) is 0 Å². The van der Waals surface area contributed by atoms with Crippen LogP contribution in [0.25, 0.3) is 0 Å². The second-order valence-electron chi connectivity index (χ2n) is 2.77. The molecular weight excluding hydrogens is 327 g/mol. The van der Waals surface area contributed by atoms with E-state index in [1.807, 2.05) is 0 Å². The Labute approximate surface area is 125 Å². The summed E-state index contributed by atoms with van der Waals surface area (Å²) in [6.07, 6.45) is 4.97. The van der Waals surface area contributed by atoms with E-state index in [1.54, 1.807) is 11.8 Å². The summed E-state index contributed by atoms with van der Waals surface area (Å²) in [7, 11) is 0. The third-order valence-corrected chi connectivity index (χ3v) is 2.93. The zero-order chi connectivity index (χ0) is 9.23. The Morgan fingerprint density at radius 3 is 2.38 bits per heavy atom. The van der Waals surface area contributed by atoms with E-state index in [-0.39, 0.29) is 41.3 Å². The number of unbranched alkanes of at least 4 members (excludes halogenated alkanes) is 2. The minimum atomic E-state index is 0. The molecule has 0 unspecified atom stereocenters. The summed E-state index contributed by atoms with van der Waals surface area (Å²) in [5, 5.41) is 3.24. The van der Waals surface area contributed by atoms with Crippen molar-refractivity contribution >= 4 is 28.3 Å². The summed E-state index contributed by atoms with van der Waals surface area (Å²) >= 11 is 6.90. The van der Waals surface area contributed by atoms with Crippen LogP contribution in [0.5, 0.6) is 0 Å². The fourth-order valence-electron chi connectivity index (χ4n) is 0.727. The maximum atomic E-state index is 5.13. The van der Waals surface area contributed by atoms with Gasteiger partial charge >= 0.3 is 0 Å². The smallest absolute Gasteiger partial charge is 0.133 e. The maximum Gasteiger partial charge on any atom is 0.133 e. The van der Waals surface area contributed by atoms with Gasteiger partial charge in [0.2, 0.25) is 0 Å². The van der Waals surface area contributed by atoms with Crippen molar-refractivity contribution in [2.45, 2.75) is 39.5 Å². The summed E-state index contributed by atoms with van der Waals surface area (Å²) in [6, 6.07) is 0. The molecule has 13 heavy (non-hydrogen) atoms. The average molecular weight is 346 g/mol. The summed E-state index contributed by atoms with van der Waals surface area (Å²) in [5.41, 5.74) is 0. The SMILES string of the molecule is CCCCNC(=S)SCCCC.[Pr]. The number of hydrogen-bond acceptors (Lipinski definition) is 2. The van der Waals surface area contributed by atoms with E-state index >= 15 is 0 Å². The normalized spacial score (nSPS) is 9.08. The van der Waals surface area contributed by atoms with Gasteiger partial charge in [-0.2, -0.15) is 0 Å². The van der Waals surface area contributed by atoms with Gasteiger partial charge in [-0.15, -0.1) is 0 Å². The molecule has 1 nitrogen and oxygen atoms in total. The van der Waals surface area contributed by atoms with E-state index in [0.29, 0.717) is 0 Å². The van der Waals surface area contributed by atoms with Crippen molar-refractivity contribution in [1.82, 2.24) is 5.32 Å². The fraction of sp³-hybridized carbons (Fsp3) is 0.889. The molecule has 0 aliphatic carbocycles. The minimum absolute atomic E-state index is 0. The van der Waals surface area contributed by atoms with Gasteiger partial charge in [-0.1, -0.05) is 50.7 Å². The molecule has 0 atom stereocenters. The Morgan fingerprint density at radius 1 is 1.23 bits per heavy atom. The van der Waals surface area contributed by atoms with Crippen LogP contribution in [0.4, 0.5) is 0 Å². The molecule has 0 heterocycles. The molecule has 0 bridgehead atoms. The topological polar surface area (TPSA) is 12.0 Å². The number of nitrogens with one attached hydrogen (secondary N) is 1. The van der Waals surface area contributed by atoms with Gasteiger partial charge in [0.1, 0.15) is 4.32 Å². The molecule has 1 N–H and O–H groups in total. The molecule has 0 aromatic heterocycles. The maximum absolute atomic E-state index is 5.13. The van der Waals surface area contributed by atoms with Gasteiger partial charge in [0.05, 0.1) is 0 Å². The Bertz CT molecular complexity index is 108. The molecule has 0 aliphatic rings. The zero-order valence-electron chi connectivity index (χ0n) is 8.64. The van der Waals surface area contributed by atoms with Crippen LogP contribution in [0.15, 0.2) is 0 Å². The second kappa shape index (κ2) is 13.6. The van der Waals surface area contributed by atoms with Crippen molar-refractivity contribution in [1.29, 1.82) is 0 Å². The van der Waals surface area contributed by atoms with Crippen molar-refractivity contribution in [3.8, 4) is 0 Å². The van der Waals surface area contributed by atoms with Crippen LogP contribution in [0, 0.1) is 41.3 Å². The molecule has 1 radical (unpaired) electrons. The Hall–Kier alpha value is 1.60. The van der Waals surface area contributed by atoms with Crippen LogP contribution in [-0.4, -0.2) is 16.6 Å². The van der Waals surface area contributed by atoms with Gasteiger partial charge in [0, 0.05) is 53.6 Å². The van der Waals surface area contributed by atoms with Crippen LogP contribution in [-0.2, 0) is 0 Å². The third-order valence-electron chi connectivity index (χ3n) is 1.53. The largest absolute Gasteiger partial charge is 0.371 e. The van der Waals surface area contributed by atoms with E-state index < -0.39 is 0 Å². The molecule has 0 spiro atoms. The van der Waals surface area contributed by atoms with Crippen LogP contribution in [0.2, 0.25) is 0 Å². The first-order valence-electron chi connectivity index (χ1n) is 4.71. The molecule has 0 saturated carbocycles. The number of thioether (sulfide) groups is 1. The molecule has 0 aromatic rings. The summed E-state index contributed by atoms with van der Waals surface area (Å²) in [5.74, 6) is 1.16. The van der Waals surface area contributed by atoms with Crippen molar-refractivity contribution in [3.05, 3.63) is 0 Å². The van der Waals surface area contributed by atoms with Gasteiger partial charge in [-0.3, -0.25) is 0 Å². The first-order valence-corrected chi connectivity index (χ1v) is 6.11. The van der Waals surface area contributed by atoms with E-state index in [2.05, 4.69) is 19.2 Å². The van der Waals surface area contributed by atoms with E-state index in [0.717, 1.165) is 16.6 Å². The van der Waals surface area contributed by atoms with Crippen molar-refractivity contribution < 1.29 is 41.3 Å². The van der Waals surface area contributed by atoms with Crippen LogP contribution in [0.1, 0.15) is 39.5 Å². The van der Waals surface area contributed by atoms with E-state index in [9.17, 15) is 0 Å². The van der Waals surface area contributed by atoms with Gasteiger partial charge in [0.25, 0.3) is 0 Å². The van der Waals surface area contributed by atoms with Crippen LogP contribution >= 0.6 is 24.0 Å². The predicted molar refractivity (Wildman–Crippen MR) is 62.9 cm³/mol. The van der Waals surface area contributed by atoms with E-state index in [1.165, 1.54) is 25.7 Å². The number of hydrogen-bond donors (Lipinski definition) is 1. The molecule has 0 aromatic carbocycles. The first kappa shape index (κ1) is 17.0. The predicted octanol–water partition coefficient (Wildman–Crippen LogP) is 3.19. The molecule has 0 saturated heterocycles. The molecule has 75 valence electrons. The summed E-state index contributed by atoms with van der Waals surface area (Å²) < 4.78 is 0.969. The minimum Gasteiger partial charge on any atom is -0.371 e. The molecular formula is C9H19NPrS2. The molecule has 0 amide bonds. The molecule has 0 aliphatic heterocycles. The van der Waals surface area contributed by atoms with Crippen LogP contribution in [0.3, 0.4) is 0 Å². The van der Waals surface area contributed by atoms with Crippen molar-refractivity contribution in [2.75, 3.05) is 12.3 Å². The Morgan fingerprint density at radius 2 is 1.85 bits per heavy atom. The third kappa shape index (κ3) is 13.6. The Kier molecular flexibility index (Phi) is 17.8. The summed E-state index contributed by atoms with van der Waals surface area (Å²) in [6.45, 7) is 5.43. The van der Waals surface area contributed by atoms with Crippen molar-refractivity contribution in [2.24, 2.45) is 0 Å². The monoisotopic (exact) mass is 346 g/mol. The number of rotatable bonds is 6. The average Bonchev–Trinajstić information content (AvgIpc) is 2.06. The first-order chi connectivity index (χ1) is 5.81. The quantitative estimate of drug-likeness (QED) is 0.586. The Balaban J connectivity index is 0. The van der Waals surface area contributed by atoms with E-state index in [4.69, 9.17) is 12.2 Å². The number of thiocarbonyl (C=S) groups is 1. The fourth-order valence-corrected chi connectivity index (χ4v) is 1.90. The van der Waals surface area contributed by atoms with Crippen molar-refractivity contribution in [3.63, 3.8) is 0 Å². The molecule has 0 fully saturated rings. The van der Waals surface area contributed by atoms with Crippen LogP contribution < -0.4 is 5.32 Å². The van der Waals surface area contributed by atoms with Gasteiger partial charge in [-0.25, -0.2) is 0 Å². The molecule has 0 rings (SSSR count). The molecule has 4 heteroatoms. The van der Waals surface area contributed by atoms with Gasteiger partial charge in [-0.05, 0) is 12.8 Å². The summed E-state index contributed by atoms with van der Waals surface area (Å²) in [4.78, 5) is 0.